The zero-order chi connectivity index (χ0) is 13.9. The molecule has 0 unspecified atom stereocenters. The molecule has 0 fully saturated rings. The molecule has 0 spiro atoms. The number of benzene rings is 1. The topological polar surface area (TPSA) is 63.7 Å². The van der Waals surface area contributed by atoms with Crippen LogP contribution in [0.1, 0.15) is 13.8 Å². The summed E-state index contributed by atoms with van der Waals surface area (Å²) in [5.41, 5.74) is 0. The van der Waals surface area contributed by atoms with Gasteiger partial charge in [0.25, 0.3) is 0 Å². The molecule has 100 valence electrons. The third-order valence-electron chi connectivity index (χ3n) is 2.01. The molecular weight excluding hydrogens is 268 g/mol. The fourth-order valence-electron chi connectivity index (χ4n) is 1.12. The van der Waals surface area contributed by atoms with E-state index in [1.54, 1.807) is 0 Å². The first kappa shape index (κ1) is 14.5. The third-order valence-corrected chi connectivity index (χ3v) is 3.21. The van der Waals surface area contributed by atoms with Gasteiger partial charge in [-0.2, -0.15) is 8.42 Å². The van der Waals surface area contributed by atoms with Crippen LogP contribution in [0.25, 0.3) is 0 Å². The van der Waals surface area contributed by atoms with E-state index in [1.165, 1.54) is 6.92 Å². The first-order valence-corrected chi connectivity index (χ1v) is 6.36. The van der Waals surface area contributed by atoms with Crippen LogP contribution in [0, 0.1) is 11.6 Å². The van der Waals surface area contributed by atoms with Gasteiger partial charge in [0.15, 0.2) is 11.6 Å². The van der Waals surface area contributed by atoms with Crippen LogP contribution in [0.15, 0.2) is 23.1 Å². The lowest BCUT2D eigenvalue weighted by Crippen LogP contribution is -2.31. The molecule has 1 aromatic rings. The lowest BCUT2D eigenvalue weighted by Gasteiger charge is -2.17. The van der Waals surface area contributed by atoms with Gasteiger partial charge in [0.1, 0.15) is 0 Å². The van der Waals surface area contributed by atoms with Crippen molar-refractivity contribution in [1.29, 1.82) is 0 Å². The van der Waals surface area contributed by atoms with Gasteiger partial charge in [0, 0.05) is 13.5 Å². The summed E-state index contributed by atoms with van der Waals surface area (Å²) in [7, 11) is -4.36. The molecule has 0 saturated carbocycles. The van der Waals surface area contributed by atoms with Crippen molar-refractivity contribution < 1.29 is 26.3 Å². The minimum absolute atomic E-state index is 0.00175. The van der Waals surface area contributed by atoms with Gasteiger partial charge in [-0.05, 0) is 25.1 Å². The van der Waals surface area contributed by atoms with Crippen molar-refractivity contribution in [1.82, 2.24) is 5.06 Å². The maximum Gasteiger partial charge on any atom is 0.317 e. The SMILES string of the molecule is CCN(OS(=O)(=O)c1ccc(F)c(F)c1)C(C)=O. The Morgan fingerprint density at radius 2 is 1.94 bits per heavy atom. The highest BCUT2D eigenvalue weighted by atomic mass is 32.2. The van der Waals surface area contributed by atoms with E-state index in [-0.39, 0.29) is 6.54 Å². The van der Waals surface area contributed by atoms with Crippen LogP contribution in [-0.2, 0) is 19.2 Å². The van der Waals surface area contributed by atoms with Gasteiger partial charge in [-0.3, -0.25) is 4.79 Å². The summed E-state index contributed by atoms with van der Waals surface area (Å²) in [4.78, 5) is 10.4. The molecule has 0 aliphatic rings. The molecular formula is C10H11F2NO4S. The Hall–Kier alpha value is -1.54. The molecule has 18 heavy (non-hydrogen) atoms. The van der Waals surface area contributed by atoms with Crippen molar-refractivity contribution in [2.45, 2.75) is 18.7 Å². The highest BCUT2D eigenvalue weighted by molar-refractivity contribution is 7.86. The zero-order valence-electron chi connectivity index (χ0n) is 9.68. The van der Waals surface area contributed by atoms with Crippen molar-refractivity contribution in [3.63, 3.8) is 0 Å². The molecule has 1 aromatic carbocycles. The van der Waals surface area contributed by atoms with Gasteiger partial charge in [0.05, 0.1) is 4.90 Å². The lowest BCUT2D eigenvalue weighted by molar-refractivity contribution is -0.152. The summed E-state index contributed by atoms with van der Waals surface area (Å²) in [6.45, 7) is 2.62. The van der Waals surface area contributed by atoms with Gasteiger partial charge in [-0.25, -0.2) is 13.8 Å². The summed E-state index contributed by atoms with van der Waals surface area (Å²) in [6, 6.07) is 2.00. The number of hydrogen-bond donors (Lipinski definition) is 0. The quantitative estimate of drug-likeness (QED) is 0.783. The normalized spacial score (nSPS) is 11.3. The Kier molecular flexibility index (Phi) is 4.36. The van der Waals surface area contributed by atoms with Gasteiger partial charge in [0.2, 0.25) is 5.91 Å². The Labute approximate surface area is 103 Å². The average Bonchev–Trinajstić information content (AvgIpc) is 2.29. The van der Waals surface area contributed by atoms with Crippen LogP contribution in [0.3, 0.4) is 0 Å². The van der Waals surface area contributed by atoms with Gasteiger partial charge in [-0.15, -0.1) is 4.28 Å². The van der Waals surface area contributed by atoms with Gasteiger partial charge in [-0.1, -0.05) is 0 Å². The van der Waals surface area contributed by atoms with E-state index in [2.05, 4.69) is 4.28 Å². The summed E-state index contributed by atoms with van der Waals surface area (Å²) < 4.78 is 53.4. The van der Waals surface area contributed by atoms with Crippen LogP contribution in [0.5, 0.6) is 0 Å². The second kappa shape index (κ2) is 5.40. The summed E-state index contributed by atoms with van der Waals surface area (Å²) in [6.07, 6.45) is 0. The molecule has 0 aliphatic carbocycles. The standard InChI is InChI=1S/C10H11F2NO4S/c1-3-13(7(2)14)17-18(15,16)8-4-5-9(11)10(12)6-8/h4-6H,3H2,1-2H3. The van der Waals surface area contributed by atoms with E-state index in [0.717, 1.165) is 13.0 Å². The first-order chi connectivity index (χ1) is 8.27. The van der Waals surface area contributed by atoms with E-state index in [9.17, 15) is 22.0 Å². The molecule has 1 rings (SSSR count). The van der Waals surface area contributed by atoms with Crippen LogP contribution >= 0.6 is 0 Å². The maximum absolute atomic E-state index is 12.9. The smallest absolute Gasteiger partial charge is 0.273 e. The Morgan fingerprint density at radius 1 is 1.33 bits per heavy atom. The minimum Gasteiger partial charge on any atom is -0.273 e. The first-order valence-electron chi connectivity index (χ1n) is 4.95. The molecule has 8 heteroatoms. The maximum atomic E-state index is 12.9. The molecule has 0 heterocycles. The molecule has 0 atom stereocenters. The second-order valence-corrected chi connectivity index (χ2v) is 4.85. The number of hydroxylamine groups is 2. The fourth-order valence-corrected chi connectivity index (χ4v) is 2.14. The Morgan fingerprint density at radius 3 is 2.39 bits per heavy atom. The number of amides is 1. The molecule has 0 bridgehead atoms. The number of carbonyl (C=O) groups excluding carboxylic acids is 1. The zero-order valence-corrected chi connectivity index (χ0v) is 10.5. The second-order valence-electron chi connectivity index (χ2n) is 3.32. The van der Waals surface area contributed by atoms with E-state index < -0.39 is 32.6 Å². The van der Waals surface area contributed by atoms with E-state index in [1.807, 2.05) is 0 Å². The van der Waals surface area contributed by atoms with E-state index in [0.29, 0.717) is 17.2 Å². The minimum atomic E-state index is -4.36. The average molecular weight is 279 g/mol. The van der Waals surface area contributed by atoms with Crippen LogP contribution in [0.2, 0.25) is 0 Å². The van der Waals surface area contributed by atoms with E-state index >= 15 is 0 Å². The van der Waals surface area contributed by atoms with Crippen LogP contribution in [-0.4, -0.2) is 25.9 Å². The number of carbonyl (C=O) groups is 1. The molecule has 5 nitrogen and oxygen atoms in total. The predicted octanol–water partition coefficient (Wildman–Crippen LogP) is 1.45. The third kappa shape index (κ3) is 3.23. The number of rotatable bonds is 4. The molecule has 1 amide bonds. The monoisotopic (exact) mass is 279 g/mol. The summed E-state index contributed by atoms with van der Waals surface area (Å²) >= 11 is 0. The number of hydrogen-bond acceptors (Lipinski definition) is 4. The predicted molar refractivity (Wildman–Crippen MR) is 57.7 cm³/mol. The fraction of sp³-hybridized carbons (Fsp3) is 0.300. The molecule has 0 N–H and O–H groups in total. The van der Waals surface area contributed by atoms with Crippen molar-refractivity contribution in [3.8, 4) is 0 Å². The van der Waals surface area contributed by atoms with Crippen molar-refractivity contribution >= 4 is 16.0 Å². The van der Waals surface area contributed by atoms with Crippen LogP contribution < -0.4 is 0 Å². The van der Waals surface area contributed by atoms with Crippen molar-refractivity contribution in [2.75, 3.05) is 6.54 Å². The largest absolute Gasteiger partial charge is 0.317 e. The molecule has 0 aliphatic heterocycles. The van der Waals surface area contributed by atoms with E-state index in [4.69, 9.17) is 0 Å². The van der Waals surface area contributed by atoms with Gasteiger partial charge >= 0.3 is 10.1 Å². The molecule has 0 aromatic heterocycles. The number of nitrogens with zero attached hydrogens (tertiary/aromatic N) is 1. The summed E-state index contributed by atoms with van der Waals surface area (Å²) in [5, 5.41) is 0.594. The summed E-state index contributed by atoms with van der Waals surface area (Å²) in [5.74, 6) is -3.11. The Bertz CT molecular complexity index is 559. The highest BCUT2D eigenvalue weighted by Gasteiger charge is 2.22. The lowest BCUT2D eigenvalue weighted by atomic mass is 10.3. The highest BCUT2D eigenvalue weighted by Crippen LogP contribution is 2.17. The molecule has 0 saturated heterocycles. The van der Waals surface area contributed by atoms with Gasteiger partial charge < -0.3 is 0 Å². The molecule has 0 radical (unpaired) electrons. The van der Waals surface area contributed by atoms with Crippen molar-refractivity contribution in [2.24, 2.45) is 0 Å². The Balaban J connectivity index is 3.06. The van der Waals surface area contributed by atoms with Crippen molar-refractivity contribution in [3.05, 3.63) is 29.8 Å². The number of halogens is 2. The van der Waals surface area contributed by atoms with Crippen LogP contribution in [0.4, 0.5) is 8.78 Å².